The smallest absolute Gasteiger partial charge is 0.255 e. The van der Waals surface area contributed by atoms with E-state index in [1.807, 2.05) is 54.5 Å². The number of anilines is 1. The number of aromatic nitrogens is 2. The molecule has 7 rings (SSSR count). The Labute approximate surface area is 348 Å². The number of H-pyrrole nitrogens is 1. The number of carbonyl (C=O) groups excluding carboxylic acids is 5. The molecule has 4 aromatic rings. The number of fused-ring (bicyclic) bond motifs is 2. The largest absolute Gasteiger partial charge is 0.496 e. The highest BCUT2D eigenvalue weighted by Crippen LogP contribution is 2.38. The molecule has 0 bridgehead atoms. The van der Waals surface area contributed by atoms with Gasteiger partial charge in [0.1, 0.15) is 11.8 Å². The SMILES string of the molecule is C=C1c2[nH]ncc2C(c2cc(C)c(CCCC(=O)NCCCC(=O)CN(C)c3ccc(N=Nc4cccc5c4CN(C4CCC(=O)NC4=O)C5=O)cc3)c(OC)c2)=CN1C. The van der Waals surface area contributed by atoms with Crippen LogP contribution >= 0.6 is 0 Å². The number of hydrogen-bond donors (Lipinski definition) is 3. The Balaban J connectivity index is 0.830. The zero-order valence-corrected chi connectivity index (χ0v) is 34.3. The van der Waals surface area contributed by atoms with Crippen molar-refractivity contribution in [3.63, 3.8) is 0 Å². The Morgan fingerprint density at radius 1 is 1.05 bits per heavy atom. The number of ether oxygens (including phenoxy) is 1. The fourth-order valence-corrected chi connectivity index (χ4v) is 7.91. The number of Topliss-reactive ketones (excluding diaryl/α,β-unsaturated/α-hetero) is 1. The molecule has 3 aliphatic heterocycles. The molecule has 1 unspecified atom stereocenters. The van der Waals surface area contributed by atoms with Gasteiger partial charge in [0.25, 0.3) is 5.91 Å². The normalized spacial score (nSPS) is 16.1. The minimum atomic E-state index is -0.708. The summed E-state index contributed by atoms with van der Waals surface area (Å²) in [6.45, 7) is 7.05. The van der Waals surface area contributed by atoms with E-state index in [0.29, 0.717) is 61.2 Å². The number of azo groups is 1. The van der Waals surface area contributed by atoms with E-state index in [1.165, 1.54) is 4.90 Å². The van der Waals surface area contributed by atoms with Crippen molar-refractivity contribution in [1.82, 2.24) is 30.6 Å². The highest BCUT2D eigenvalue weighted by molar-refractivity contribution is 6.06. The molecule has 310 valence electrons. The first kappa shape index (κ1) is 41.3. The monoisotopic (exact) mass is 811 g/mol. The van der Waals surface area contributed by atoms with Crippen LogP contribution in [-0.2, 0) is 32.1 Å². The standard InChI is InChI=1S/C45H49N9O6/c1-27-21-29(36-25-52(3)28(2)43-35(36)23-47-51-43)22-40(60-5)33(27)10-7-13-41(56)46-20-8-9-32(55)24-53(4)31-16-14-30(15-17-31)49-50-38-12-6-11-34-37(38)26-54(45(34)59)39-18-19-42(57)48-44(39)58/h6,11-12,14-17,21-23,25,39H,2,7-10,13,18-20,24,26H2,1,3-5H3,(H,46,56)(H,47,51)(H,48,57,58). The van der Waals surface area contributed by atoms with E-state index in [1.54, 1.807) is 37.4 Å². The average molecular weight is 812 g/mol. The first-order chi connectivity index (χ1) is 28.9. The van der Waals surface area contributed by atoms with Gasteiger partial charge in [-0.1, -0.05) is 18.7 Å². The van der Waals surface area contributed by atoms with Gasteiger partial charge >= 0.3 is 0 Å². The van der Waals surface area contributed by atoms with Crippen molar-refractivity contribution in [1.29, 1.82) is 0 Å². The van der Waals surface area contributed by atoms with Gasteiger partial charge in [0, 0.05) is 80.6 Å². The number of nitrogens with one attached hydrogen (secondary N) is 3. The van der Waals surface area contributed by atoms with Crippen molar-refractivity contribution in [3.05, 3.63) is 113 Å². The predicted molar refractivity (Wildman–Crippen MR) is 227 cm³/mol. The van der Waals surface area contributed by atoms with Gasteiger partial charge < -0.3 is 24.8 Å². The Kier molecular flexibility index (Phi) is 12.3. The number of piperidine rings is 1. The molecule has 1 fully saturated rings. The second-order valence-corrected chi connectivity index (χ2v) is 15.4. The predicted octanol–water partition coefficient (Wildman–Crippen LogP) is 6.13. The quantitative estimate of drug-likeness (QED) is 0.0681. The summed E-state index contributed by atoms with van der Waals surface area (Å²) < 4.78 is 5.81. The Hall–Kier alpha value is -6.90. The van der Waals surface area contributed by atoms with Crippen LogP contribution in [0, 0.1) is 6.92 Å². The van der Waals surface area contributed by atoms with E-state index in [4.69, 9.17) is 4.74 Å². The number of carbonyl (C=O) groups is 5. The van der Waals surface area contributed by atoms with Crippen LogP contribution < -0.4 is 20.3 Å². The third kappa shape index (κ3) is 8.89. The molecular weight excluding hydrogens is 763 g/mol. The number of likely N-dealkylation sites (N-methyl/N-ethyl adjacent to an activating group) is 1. The van der Waals surface area contributed by atoms with Crippen LogP contribution in [0.5, 0.6) is 5.75 Å². The molecule has 4 heterocycles. The molecule has 3 aromatic carbocycles. The zero-order chi connectivity index (χ0) is 42.5. The van der Waals surface area contributed by atoms with Crippen molar-refractivity contribution < 1.29 is 28.7 Å². The molecule has 3 N–H and O–H groups in total. The molecule has 1 aromatic heterocycles. The van der Waals surface area contributed by atoms with E-state index in [2.05, 4.69) is 50.6 Å². The maximum atomic E-state index is 13.1. The number of imide groups is 1. The lowest BCUT2D eigenvalue weighted by atomic mass is 9.91. The summed E-state index contributed by atoms with van der Waals surface area (Å²) in [5.41, 5.74) is 10.0. The summed E-state index contributed by atoms with van der Waals surface area (Å²) in [6.07, 6.45) is 6.92. The van der Waals surface area contributed by atoms with Crippen LogP contribution in [0.15, 0.2) is 83.8 Å². The van der Waals surface area contributed by atoms with Gasteiger partial charge in [0.15, 0.2) is 5.78 Å². The van der Waals surface area contributed by atoms with Gasteiger partial charge in [-0.3, -0.25) is 34.4 Å². The summed E-state index contributed by atoms with van der Waals surface area (Å²) in [5.74, 6) is -0.276. The number of rotatable bonds is 16. The number of methoxy groups -OCH3 is 1. The van der Waals surface area contributed by atoms with Crippen molar-refractivity contribution in [3.8, 4) is 5.75 Å². The number of amides is 4. The number of aryl methyl sites for hydroxylation is 1. The van der Waals surface area contributed by atoms with Gasteiger partial charge in [-0.05, 0) is 91.8 Å². The summed E-state index contributed by atoms with van der Waals surface area (Å²) in [4.78, 5) is 68.0. The van der Waals surface area contributed by atoms with Crippen LogP contribution in [0.4, 0.5) is 17.1 Å². The van der Waals surface area contributed by atoms with Crippen LogP contribution in [0.3, 0.4) is 0 Å². The second kappa shape index (κ2) is 17.9. The molecule has 0 aliphatic carbocycles. The maximum Gasteiger partial charge on any atom is 0.255 e. The van der Waals surface area contributed by atoms with Gasteiger partial charge in [-0.2, -0.15) is 15.3 Å². The highest BCUT2D eigenvalue weighted by atomic mass is 16.5. The number of hydrogen-bond acceptors (Lipinski definition) is 11. The molecule has 1 saturated heterocycles. The van der Waals surface area contributed by atoms with Crippen molar-refractivity contribution in [2.45, 2.75) is 64.5 Å². The van der Waals surface area contributed by atoms with E-state index < -0.39 is 11.9 Å². The highest BCUT2D eigenvalue weighted by Gasteiger charge is 2.40. The number of aromatic amines is 1. The summed E-state index contributed by atoms with van der Waals surface area (Å²) in [6, 6.07) is 16.0. The molecule has 1 atom stereocenters. The average Bonchev–Trinajstić information content (AvgIpc) is 3.86. The fraction of sp³-hybridized carbons (Fsp3) is 0.333. The second-order valence-electron chi connectivity index (χ2n) is 15.4. The molecule has 15 heteroatoms. The maximum absolute atomic E-state index is 13.1. The Morgan fingerprint density at radius 3 is 2.62 bits per heavy atom. The molecule has 4 amide bonds. The molecular formula is C45H49N9O6. The summed E-state index contributed by atoms with van der Waals surface area (Å²) >= 11 is 0. The molecule has 15 nitrogen and oxygen atoms in total. The third-order valence-electron chi connectivity index (χ3n) is 11.2. The van der Waals surface area contributed by atoms with Crippen LogP contribution in [0.1, 0.15) is 82.4 Å². The van der Waals surface area contributed by atoms with Gasteiger partial charge in [0.05, 0.1) is 42.6 Å². The first-order valence-electron chi connectivity index (χ1n) is 20.0. The first-order valence-corrected chi connectivity index (χ1v) is 20.0. The lowest BCUT2D eigenvalue weighted by molar-refractivity contribution is -0.137. The topological polar surface area (TPSA) is 182 Å². The minimum absolute atomic E-state index is 0.0486. The number of ketones is 1. The summed E-state index contributed by atoms with van der Waals surface area (Å²) in [7, 11) is 5.47. The van der Waals surface area contributed by atoms with Gasteiger partial charge in [0.2, 0.25) is 17.7 Å². The minimum Gasteiger partial charge on any atom is -0.496 e. The summed E-state index contributed by atoms with van der Waals surface area (Å²) in [5, 5.41) is 21.3. The lowest BCUT2D eigenvalue weighted by Gasteiger charge is -2.29. The molecule has 0 radical (unpaired) electrons. The zero-order valence-electron chi connectivity index (χ0n) is 34.3. The van der Waals surface area contributed by atoms with E-state index >= 15 is 0 Å². The fourth-order valence-electron chi connectivity index (χ4n) is 7.91. The molecule has 3 aliphatic rings. The van der Waals surface area contributed by atoms with Crippen LogP contribution in [-0.4, -0.2) is 89.7 Å². The van der Waals surface area contributed by atoms with Crippen LogP contribution in [0.25, 0.3) is 11.3 Å². The number of benzene rings is 3. The Bertz CT molecular complexity index is 2420. The van der Waals surface area contributed by atoms with Crippen molar-refractivity contribution in [2.75, 3.05) is 39.2 Å². The molecule has 60 heavy (non-hydrogen) atoms. The Morgan fingerprint density at radius 2 is 1.85 bits per heavy atom. The molecule has 0 saturated carbocycles. The van der Waals surface area contributed by atoms with Crippen LogP contribution in [0.2, 0.25) is 0 Å². The van der Waals surface area contributed by atoms with E-state index in [9.17, 15) is 24.0 Å². The third-order valence-corrected chi connectivity index (χ3v) is 11.2. The van der Waals surface area contributed by atoms with Crippen molar-refractivity contribution in [2.24, 2.45) is 10.2 Å². The molecule has 0 spiro atoms. The number of nitrogens with zero attached hydrogens (tertiary/aromatic N) is 6. The van der Waals surface area contributed by atoms with E-state index in [-0.39, 0.29) is 49.4 Å². The van der Waals surface area contributed by atoms with Gasteiger partial charge in [-0.25, -0.2) is 0 Å². The lowest BCUT2D eigenvalue weighted by Crippen LogP contribution is -2.52. The van der Waals surface area contributed by atoms with E-state index in [0.717, 1.165) is 50.7 Å². The van der Waals surface area contributed by atoms with Gasteiger partial charge in [-0.15, -0.1) is 0 Å². The van der Waals surface area contributed by atoms with Crippen molar-refractivity contribution >= 4 is 57.7 Å².